The minimum Gasteiger partial charge on any atom is -0.370 e. The van der Waals surface area contributed by atoms with Crippen LogP contribution in [0.15, 0.2) is 4.79 Å². The van der Waals surface area contributed by atoms with Crippen molar-refractivity contribution in [1.82, 2.24) is 9.55 Å². The Morgan fingerprint density at radius 2 is 2.25 bits per heavy atom. The summed E-state index contributed by atoms with van der Waals surface area (Å²) in [5.74, 6) is 0.346. The maximum absolute atomic E-state index is 12.7. The van der Waals surface area contributed by atoms with Crippen LogP contribution < -0.4 is 11.3 Å². The first-order valence-corrected chi connectivity index (χ1v) is 7.75. The second kappa shape index (κ2) is 5.01. The predicted octanol–water partition coefficient (Wildman–Crippen LogP) is 1.38. The molecule has 0 aromatic carbocycles. The Morgan fingerprint density at radius 1 is 1.45 bits per heavy atom. The van der Waals surface area contributed by atoms with Gasteiger partial charge in [0.1, 0.15) is 10.7 Å². The van der Waals surface area contributed by atoms with Crippen LogP contribution in [0.2, 0.25) is 0 Å². The van der Waals surface area contributed by atoms with Crippen molar-refractivity contribution in [1.29, 1.82) is 0 Å². The summed E-state index contributed by atoms with van der Waals surface area (Å²) in [5.41, 5.74) is 6.36. The number of primary amides is 1. The number of carbonyl (C=O) groups is 1. The Morgan fingerprint density at radius 3 is 2.95 bits per heavy atom. The number of aryl methyl sites for hydroxylation is 3. The van der Waals surface area contributed by atoms with E-state index in [1.54, 1.807) is 15.9 Å². The van der Waals surface area contributed by atoms with Crippen molar-refractivity contribution in [3.8, 4) is 0 Å². The van der Waals surface area contributed by atoms with Gasteiger partial charge in [0.25, 0.3) is 5.56 Å². The fourth-order valence-corrected chi connectivity index (χ4v) is 4.11. The summed E-state index contributed by atoms with van der Waals surface area (Å²) in [7, 11) is 0. The third-order valence-electron chi connectivity index (χ3n) is 3.80. The zero-order valence-electron chi connectivity index (χ0n) is 11.4. The highest BCUT2D eigenvalue weighted by atomic mass is 32.1. The summed E-state index contributed by atoms with van der Waals surface area (Å²) < 4.78 is 1.62. The van der Waals surface area contributed by atoms with Crippen LogP contribution in [-0.2, 0) is 30.6 Å². The van der Waals surface area contributed by atoms with Gasteiger partial charge >= 0.3 is 0 Å². The van der Waals surface area contributed by atoms with Gasteiger partial charge in [-0.3, -0.25) is 14.2 Å². The molecule has 0 unspecified atom stereocenters. The molecule has 6 heteroatoms. The quantitative estimate of drug-likeness (QED) is 0.924. The Labute approximate surface area is 120 Å². The van der Waals surface area contributed by atoms with E-state index < -0.39 is 5.91 Å². The molecular formula is C14H17N3O2S. The summed E-state index contributed by atoms with van der Waals surface area (Å²) in [6, 6.07) is 0. The molecule has 1 aliphatic carbocycles. The van der Waals surface area contributed by atoms with Crippen LogP contribution in [0.4, 0.5) is 0 Å². The lowest BCUT2D eigenvalue weighted by atomic mass is 10.2. The number of thiophene rings is 1. The number of hydrogen-bond acceptors (Lipinski definition) is 4. The maximum Gasteiger partial charge on any atom is 0.262 e. The van der Waals surface area contributed by atoms with Crippen molar-refractivity contribution in [3.63, 3.8) is 0 Å². The summed E-state index contributed by atoms with van der Waals surface area (Å²) in [6.07, 6.45) is 3.98. The molecule has 0 bridgehead atoms. The molecule has 106 valence electrons. The normalized spacial score (nSPS) is 13.8. The minimum atomic E-state index is -0.394. The monoisotopic (exact) mass is 291 g/mol. The van der Waals surface area contributed by atoms with Gasteiger partial charge in [0.05, 0.1) is 5.39 Å². The van der Waals surface area contributed by atoms with Crippen molar-refractivity contribution < 1.29 is 4.79 Å². The van der Waals surface area contributed by atoms with Gasteiger partial charge in [-0.15, -0.1) is 11.3 Å². The maximum atomic E-state index is 12.7. The van der Waals surface area contributed by atoms with Crippen molar-refractivity contribution in [2.45, 2.75) is 45.6 Å². The average molecular weight is 291 g/mol. The molecule has 0 saturated carbocycles. The standard InChI is InChI=1S/C14H17N3O2S/c1-2-11-16-13-12(8-4-3-5-9(8)20-13)14(19)17(11)7-6-10(15)18/h2-7H2,1H3,(H2,15,18). The number of fused-ring (bicyclic) bond motifs is 3. The molecule has 0 radical (unpaired) electrons. The van der Waals surface area contributed by atoms with E-state index in [9.17, 15) is 9.59 Å². The molecule has 1 aliphatic rings. The van der Waals surface area contributed by atoms with Gasteiger partial charge in [-0.2, -0.15) is 0 Å². The SMILES string of the molecule is CCc1nc2sc3c(c2c(=O)n1CCC(N)=O)CCC3. The second-order valence-electron chi connectivity index (χ2n) is 5.09. The Kier molecular flexibility index (Phi) is 3.33. The van der Waals surface area contributed by atoms with Crippen LogP contribution in [0, 0.1) is 0 Å². The van der Waals surface area contributed by atoms with E-state index >= 15 is 0 Å². The lowest BCUT2D eigenvalue weighted by Gasteiger charge is -2.10. The van der Waals surface area contributed by atoms with Crippen LogP contribution in [0.25, 0.3) is 10.2 Å². The van der Waals surface area contributed by atoms with Crippen molar-refractivity contribution in [2.75, 3.05) is 0 Å². The van der Waals surface area contributed by atoms with E-state index in [2.05, 4.69) is 4.98 Å². The molecule has 2 aromatic heterocycles. The van der Waals surface area contributed by atoms with Crippen LogP contribution in [0.3, 0.4) is 0 Å². The Bertz CT molecular complexity index is 745. The number of carbonyl (C=O) groups excluding carboxylic acids is 1. The van der Waals surface area contributed by atoms with Crippen LogP contribution in [-0.4, -0.2) is 15.5 Å². The fraction of sp³-hybridized carbons (Fsp3) is 0.500. The van der Waals surface area contributed by atoms with Gasteiger partial charge in [0.15, 0.2) is 0 Å². The number of nitrogens with zero attached hydrogens (tertiary/aromatic N) is 2. The largest absolute Gasteiger partial charge is 0.370 e. The first-order chi connectivity index (χ1) is 9.61. The Hall–Kier alpha value is -1.69. The van der Waals surface area contributed by atoms with Crippen molar-refractivity contribution >= 4 is 27.5 Å². The summed E-state index contributed by atoms with van der Waals surface area (Å²) in [5, 5.41) is 0.768. The zero-order chi connectivity index (χ0) is 14.3. The van der Waals surface area contributed by atoms with E-state index in [4.69, 9.17) is 5.73 Å². The van der Waals surface area contributed by atoms with Gasteiger partial charge < -0.3 is 5.73 Å². The molecule has 0 aliphatic heterocycles. The van der Waals surface area contributed by atoms with E-state index in [1.165, 1.54) is 10.4 Å². The summed E-state index contributed by atoms with van der Waals surface area (Å²) >= 11 is 1.65. The zero-order valence-corrected chi connectivity index (χ0v) is 12.3. The third-order valence-corrected chi connectivity index (χ3v) is 4.99. The number of amides is 1. The van der Waals surface area contributed by atoms with Gasteiger partial charge in [0.2, 0.25) is 5.91 Å². The Balaban J connectivity index is 2.19. The molecule has 1 amide bonds. The van der Waals surface area contributed by atoms with Crippen LogP contribution in [0.1, 0.15) is 36.0 Å². The number of nitrogens with two attached hydrogens (primary N) is 1. The highest BCUT2D eigenvalue weighted by Crippen LogP contribution is 2.34. The smallest absolute Gasteiger partial charge is 0.262 e. The van der Waals surface area contributed by atoms with Gasteiger partial charge in [-0.25, -0.2) is 4.98 Å². The fourth-order valence-electron chi connectivity index (χ4n) is 2.84. The first-order valence-electron chi connectivity index (χ1n) is 6.94. The molecule has 3 rings (SSSR count). The van der Waals surface area contributed by atoms with E-state index in [0.717, 1.165) is 35.3 Å². The van der Waals surface area contributed by atoms with Crippen molar-refractivity contribution in [2.24, 2.45) is 5.73 Å². The lowest BCUT2D eigenvalue weighted by Crippen LogP contribution is -2.27. The minimum absolute atomic E-state index is 0.00694. The topological polar surface area (TPSA) is 78.0 Å². The molecule has 0 spiro atoms. The number of aromatic nitrogens is 2. The summed E-state index contributed by atoms with van der Waals surface area (Å²) in [4.78, 5) is 30.5. The van der Waals surface area contributed by atoms with E-state index in [0.29, 0.717) is 13.0 Å². The van der Waals surface area contributed by atoms with E-state index in [-0.39, 0.29) is 12.0 Å². The molecule has 2 aromatic rings. The van der Waals surface area contributed by atoms with Crippen LogP contribution in [0.5, 0.6) is 0 Å². The molecule has 0 atom stereocenters. The molecular weight excluding hydrogens is 274 g/mol. The second-order valence-corrected chi connectivity index (χ2v) is 6.18. The first kappa shape index (κ1) is 13.3. The molecule has 2 heterocycles. The number of hydrogen-bond donors (Lipinski definition) is 1. The van der Waals surface area contributed by atoms with Gasteiger partial charge in [0, 0.05) is 24.3 Å². The highest BCUT2D eigenvalue weighted by molar-refractivity contribution is 7.18. The van der Waals surface area contributed by atoms with Crippen molar-refractivity contribution in [3.05, 3.63) is 26.6 Å². The summed E-state index contributed by atoms with van der Waals surface area (Å²) in [6.45, 7) is 2.29. The highest BCUT2D eigenvalue weighted by Gasteiger charge is 2.22. The molecule has 20 heavy (non-hydrogen) atoms. The number of rotatable bonds is 4. The molecule has 0 saturated heterocycles. The molecule has 2 N–H and O–H groups in total. The van der Waals surface area contributed by atoms with Crippen LogP contribution >= 0.6 is 11.3 Å². The van der Waals surface area contributed by atoms with Gasteiger partial charge in [-0.05, 0) is 24.8 Å². The third kappa shape index (κ3) is 2.04. The molecule has 0 fully saturated rings. The lowest BCUT2D eigenvalue weighted by molar-refractivity contribution is -0.118. The van der Waals surface area contributed by atoms with Gasteiger partial charge in [-0.1, -0.05) is 6.92 Å². The predicted molar refractivity (Wildman–Crippen MR) is 79.1 cm³/mol. The van der Waals surface area contributed by atoms with E-state index in [1.807, 2.05) is 6.92 Å². The molecule has 5 nitrogen and oxygen atoms in total. The average Bonchev–Trinajstić information content (AvgIpc) is 2.96.